The molecular formula is C13H14N4O. The van der Waals surface area contributed by atoms with E-state index in [1.807, 2.05) is 18.2 Å². The molecular weight excluding hydrogens is 228 g/mol. The van der Waals surface area contributed by atoms with E-state index in [0.29, 0.717) is 5.69 Å². The highest BCUT2D eigenvalue weighted by Gasteiger charge is 2.24. The summed E-state index contributed by atoms with van der Waals surface area (Å²) in [7, 11) is 0. The van der Waals surface area contributed by atoms with Gasteiger partial charge in [0.1, 0.15) is 5.69 Å². The Morgan fingerprint density at radius 2 is 2.33 bits per heavy atom. The number of nitrogen functional groups attached to an aromatic ring is 1. The molecule has 92 valence electrons. The maximum atomic E-state index is 11.9. The van der Waals surface area contributed by atoms with Gasteiger partial charge in [-0.2, -0.15) is 5.10 Å². The van der Waals surface area contributed by atoms with E-state index in [0.717, 1.165) is 24.1 Å². The highest BCUT2D eigenvalue weighted by molar-refractivity contribution is 5.92. The number of aryl methyl sites for hydroxylation is 1. The molecule has 1 aromatic heterocycles. The van der Waals surface area contributed by atoms with Crippen molar-refractivity contribution in [2.45, 2.75) is 18.9 Å². The van der Waals surface area contributed by atoms with Crippen LogP contribution in [0.4, 0.5) is 5.69 Å². The van der Waals surface area contributed by atoms with E-state index >= 15 is 0 Å². The van der Waals surface area contributed by atoms with E-state index < -0.39 is 0 Å². The van der Waals surface area contributed by atoms with Gasteiger partial charge in [0.15, 0.2) is 0 Å². The molecule has 0 saturated heterocycles. The molecule has 5 heteroatoms. The van der Waals surface area contributed by atoms with E-state index in [9.17, 15) is 4.79 Å². The number of fused-ring (bicyclic) bond motifs is 1. The monoisotopic (exact) mass is 242 g/mol. The molecule has 4 N–H and O–H groups in total. The molecule has 3 rings (SSSR count). The lowest BCUT2D eigenvalue weighted by Crippen LogP contribution is -2.27. The van der Waals surface area contributed by atoms with Gasteiger partial charge in [-0.05, 0) is 42.2 Å². The fourth-order valence-corrected chi connectivity index (χ4v) is 2.41. The SMILES string of the molecule is Nc1ccc2c(c1)CCC2NC(=O)c1ccn[nH]1. The van der Waals surface area contributed by atoms with Gasteiger partial charge in [0.2, 0.25) is 0 Å². The van der Waals surface area contributed by atoms with Crippen molar-refractivity contribution >= 4 is 11.6 Å². The summed E-state index contributed by atoms with van der Waals surface area (Å²) >= 11 is 0. The van der Waals surface area contributed by atoms with Gasteiger partial charge in [0.05, 0.1) is 6.04 Å². The normalized spacial score (nSPS) is 17.4. The lowest BCUT2D eigenvalue weighted by molar-refractivity contribution is 0.0931. The van der Waals surface area contributed by atoms with Crippen molar-refractivity contribution in [3.8, 4) is 0 Å². The molecule has 18 heavy (non-hydrogen) atoms. The largest absolute Gasteiger partial charge is 0.399 e. The van der Waals surface area contributed by atoms with Crippen molar-refractivity contribution in [1.29, 1.82) is 0 Å². The van der Waals surface area contributed by atoms with Crippen LogP contribution in [0.2, 0.25) is 0 Å². The molecule has 0 bridgehead atoms. The molecule has 1 heterocycles. The van der Waals surface area contributed by atoms with Crippen LogP contribution in [-0.4, -0.2) is 16.1 Å². The first-order chi connectivity index (χ1) is 8.74. The molecule has 0 aliphatic heterocycles. The minimum Gasteiger partial charge on any atom is -0.399 e. The molecule has 5 nitrogen and oxygen atoms in total. The van der Waals surface area contributed by atoms with Crippen molar-refractivity contribution in [2.75, 3.05) is 5.73 Å². The van der Waals surface area contributed by atoms with Gasteiger partial charge < -0.3 is 11.1 Å². The summed E-state index contributed by atoms with van der Waals surface area (Å²) < 4.78 is 0. The molecule has 0 spiro atoms. The number of nitrogens with one attached hydrogen (secondary N) is 2. The van der Waals surface area contributed by atoms with Gasteiger partial charge in [-0.3, -0.25) is 9.89 Å². The zero-order valence-corrected chi connectivity index (χ0v) is 9.81. The van der Waals surface area contributed by atoms with Gasteiger partial charge in [0.25, 0.3) is 5.91 Å². The first-order valence-corrected chi connectivity index (χ1v) is 5.92. The minimum absolute atomic E-state index is 0.0661. The maximum absolute atomic E-state index is 11.9. The number of hydrogen-bond acceptors (Lipinski definition) is 3. The van der Waals surface area contributed by atoms with Crippen molar-refractivity contribution in [3.63, 3.8) is 0 Å². The van der Waals surface area contributed by atoms with Crippen LogP contribution in [0.1, 0.15) is 34.1 Å². The Bertz CT molecular complexity index is 577. The topological polar surface area (TPSA) is 83.8 Å². The molecule has 0 saturated carbocycles. The van der Waals surface area contributed by atoms with Gasteiger partial charge in [-0.1, -0.05) is 6.07 Å². The van der Waals surface area contributed by atoms with Gasteiger partial charge >= 0.3 is 0 Å². The van der Waals surface area contributed by atoms with Gasteiger partial charge in [0, 0.05) is 11.9 Å². The fraction of sp³-hybridized carbons (Fsp3) is 0.231. The molecule has 1 aromatic carbocycles. The number of hydrogen-bond donors (Lipinski definition) is 3. The average Bonchev–Trinajstić information content (AvgIpc) is 2.98. The summed E-state index contributed by atoms with van der Waals surface area (Å²) in [5.41, 5.74) is 9.40. The summed E-state index contributed by atoms with van der Waals surface area (Å²) in [4.78, 5) is 11.9. The Hall–Kier alpha value is -2.30. The van der Waals surface area contributed by atoms with E-state index in [1.165, 1.54) is 5.56 Å². The number of benzene rings is 1. The van der Waals surface area contributed by atoms with Crippen LogP contribution in [0.5, 0.6) is 0 Å². The Labute approximate surface area is 104 Å². The number of H-pyrrole nitrogens is 1. The van der Waals surface area contributed by atoms with Gasteiger partial charge in [-0.25, -0.2) is 0 Å². The summed E-state index contributed by atoms with van der Waals surface area (Å²) in [6.07, 6.45) is 3.44. The number of nitrogens with two attached hydrogens (primary N) is 1. The third kappa shape index (κ3) is 1.84. The first kappa shape index (κ1) is 10.8. The van der Waals surface area contributed by atoms with Crippen molar-refractivity contribution in [2.24, 2.45) is 0 Å². The number of aromatic nitrogens is 2. The maximum Gasteiger partial charge on any atom is 0.269 e. The number of rotatable bonds is 2. The van der Waals surface area contributed by atoms with Crippen molar-refractivity contribution in [1.82, 2.24) is 15.5 Å². The van der Waals surface area contributed by atoms with E-state index in [1.54, 1.807) is 12.3 Å². The zero-order chi connectivity index (χ0) is 12.5. The number of nitrogens with zero attached hydrogens (tertiary/aromatic N) is 1. The predicted molar refractivity (Wildman–Crippen MR) is 68.0 cm³/mol. The lowest BCUT2D eigenvalue weighted by atomic mass is 10.1. The number of aromatic amines is 1. The second-order valence-electron chi connectivity index (χ2n) is 4.49. The second-order valence-corrected chi connectivity index (χ2v) is 4.49. The molecule has 0 fully saturated rings. The van der Waals surface area contributed by atoms with Crippen LogP contribution in [0.3, 0.4) is 0 Å². The lowest BCUT2D eigenvalue weighted by Gasteiger charge is -2.13. The third-order valence-electron chi connectivity index (χ3n) is 3.30. The molecule has 1 aliphatic rings. The Morgan fingerprint density at radius 1 is 1.44 bits per heavy atom. The Kier molecular flexibility index (Phi) is 2.51. The first-order valence-electron chi connectivity index (χ1n) is 5.92. The van der Waals surface area contributed by atoms with Crippen LogP contribution in [-0.2, 0) is 6.42 Å². The van der Waals surface area contributed by atoms with Crippen LogP contribution < -0.4 is 11.1 Å². The summed E-state index contributed by atoms with van der Waals surface area (Å²) in [6.45, 7) is 0. The highest BCUT2D eigenvalue weighted by Crippen LogP contribution is 2.32. The number of anilines is 1. The van der Waals surface area contributed by atoms with E-state index in [2.05, 4.69) is 15.5 Å². The number of carbonyl (C=O) groups excluding carboxylic acids is 1. The molecule has 2 aromatic rings. The van der Waals surface area contributed by atoms with E-state index in [-0.39, 0.29) is 11.9 Å². The molecule has 1 amide bonds. The Balaban J connectivity index is 1.79. The molecule has 1 atom stereocenters. The molecule has 1 aliphatic carbocycles. The van der Waals surface area contributed by atoms with Crippen LogP contribution in [0, 0.1) is 0 Å². The summed E-state index contributed by atoms with van der Waals surface area (Å²) in [5, 5.41) is 9.44. The fourth-order valence-electron chi connectivity index (χ4n) is 2.41. The zero-order valence-electron chi connectivity index (χ0n) is 9.81. The second kappa shape index (κ2) is 4.18. The average molecular weight is 242 g/mol. The summed E-state index contributed by atoms with van der Waals surface area (Å²) in [5.74, 6) is -0.123. The minimum atomic E-state index is -0.123. The Morgan fingerprint density at radius 3 is 3.11 bits per heavy atom. The standard InChI is InChI=1S/C13H14N4O/c14-9-2-3-10-8(7-9)1-4-11(10)16-13(18)12-5-6-15-17-12/h2-3,5-7,11H,1,4,14H2,(H,15,17)(H,16,18). The molecule has 0 radical (unpaired) electrons. The summed E-state index contributed by atoms with van der Waals surface area (Å²) in [6, 6.07) is 7.58. The number of amides is 1. The number of carbonyl (C=O) groups is 1. The van der Waals surface area contributed by atoms with Crippen LogP contribution in [0.15, 0.2) is 30.5 Å². The highest BCUT2D eigenvalue weighted by atomic mass is 16.2. The smallest absolute Gasteiger partial charge is 0.269 e. The van der Waals surface area contributed by atoms with Crippen molar-refractivity contribution in [3.05, 3.63) is 47.3 Å². The molecule has 1 unspecified atom stereocenters. The quantitative estimate of drug-likeness (QED) is 0.696. The van der Waals surface area contributed by atoms with E-state index in [4.69, 9.17) is 5.73 Å². The van der Waals surface area contributed by atoms with Gasteiger partial charge in [-0.15, -0.1) is 0 Å². The van der Waals surface area contributed by atoms with Crippen molar-refractivity contribution < 1.29 is 4.79 Å². The third-order valence-corrected chi connectivity index (χ3v) is 3.30. The predicted octanol–water partition coefficient (Wildman–Crippen LogP) is 1.41. The van der Waals surface area contributed by atoms with Crippen LogP contribution >= 0.6 is 0 Å². The van der Waals surface area contributed by atoms with Crippen LogP contribution in [0.25, 0.3) is 0 Å².